The molecule has 1 rings (SSSR count). The predicted molar refractivity (Wildman–Crippen MR) is 61.6 cm³/mol. The molecule has 0 radical (unpaired) electrons. The second-order valence-electron chi connectivity index (χ2n) is 3.91. The van der Waals surface area contributed by atoms with Gasteiger partial charge in [-0.25, -0.2) is 9.18 Å². The minimum atomic E-state index is -2.46. The highest BCUT2D eigenvalue weighted by Crippen LogP contribution is 2.36. The molecular weight excluding hydrogens is 243 g/mol. The van der Waals surface area contributed by atoms with Crippen LogP contribution in [0.25, 0.3) is 0 Å². The van der Waals surface area contributed by atoms with Crippen molar-refractivity contribution in [2.24, 2.45) is 0 Å². The van der Waals surface area contributed by atoms with Crippen LogP contribution in [-0.4, -0.2) is 36.6 Å². The molecule has 1 aromatic rings. The van der Waals surface area contributed by atoms with Crippen LogP contribution in [-0.2, 0) is 10.4 Å². The number of ether oxygens (including phenoxy) is 2. The third kappa shape index (κ3) is 2.53. The molecular formula is C12H15FO5. The Kier molecular flexibility index (Phi) is 4.13. The van der Waals surface area contributed by atoms with Crippen molar-refractivity contribution < 1.29 is 28.9 Å². The Morgan fingerprint density at radius 2 is 2.00 bits per heavy atom. The molecule has 0 amide bonds. The molecule has 0 aliphatic carbocycles. The summed E-state index contributed by atoms with van der Waals surface area (Å²) in [5.74, 6) is -1.13. The average molecular weight is 258 g/mol. The van der Waals surface area contributed by atoms with Crippen LogP contribution in [0.4, 0.5) is 4.39 Å². The number of carboxylic acids is 1. The number of benzene rings is 1. The van der Waals surface area contributed by atoms with Gasteiger partial charge in [-0.1, -0.05) is 0 Å². The Balaban J connectivity index is 3.27. The fourth-order valence-corrected chi connectivity index (χ4v) is 1.59. The zero-order valence-corrected chi connectivity index (χ0v) is 10.3. The molecule has 0 aliphatic heterocycles. The summed E-state index contributed by atoms with van der Waals surface area (Å²) in [6.07, 6.45) is -2.46. The fourth-order valence-electron chi connectivity index (χ4n) is 1.59. The van der Waals surface area contributed by atoms with Crippen LogP contribution in [0.15, 0.2) is 18.2 Å². The van der Waals surface area contributed by atoms with Crippen LogP contribution < -0.4 is 9.47 Å². The van der Waals surface area contributed by atoms with E-state index in [1.54, 1.807) is 0 Å². The largest absolute Gasteiger partial charge is 0.497 e. The summed E-state index contributed by atoms with van der Waals surface area (Å²) in [5, 5.41) is 18.7. The van der Waals surface area contributed by atoms with Crippen molar-refractivity contribution in [3.8, 4) is 11.5 Å². The highest BCUT2D eigenvalue weighted by molar-refractivity contribution is 5.74. The highest BCUT2D eigenvalue weighted by atomic mass is 19.1. The molecule has 0 fully saturated rings. The van der Waals surface area contributed by atoms with Gasteiger partial charge >= 0.3 is 5.97 Å². The molecule has 2 atom stereocenters. The van der Waals surface area contributed by atoms with Crippen LogP contribution in [0, 0.1) is 0 Å². The van der Waals surface area contributed by atoms with Crippen molar-refractivity contribution >= 4 is 5.97 Å². The number of aliphatic hydroxyl groups is 1. The molecule has 2 unspecified atom stereocenters. The molecule has 0 bridgehead atoms. The Labute approximate surface area is 104 Å². The topological polar surface area (TPSA) is 76.0 Å². The van der Waals surface area contributed by atoms with Crippen LogP contribution in [0.2, 0.25) is 0 Å². The van der Waals surface area contributed by atoms with Crippen molar-refractivity contribution in [2.45, 2.75) is 18.7 Å². The normalized spacial score (nSPS) is 15.6. The Morgan fingerprint density at radius 1 is 1.39 bits per heavy atom. The first-order chi connectivity index (χ1) is 8.34. The number of methoxy groups -OCH3 is 2. The number of carbonyl (C=O) groups is 1. The van der Waals surface area contributed by atoms with Crippen LogP contribution in [0.1, 0.15) is 12.5 Å². The SMILES string of the molecule is COc1ccc(C(C)(O)C(F)C(=O)O)c(OC)c1. The van der Waals surface area contributed by atoms with Gasteiger partial charge in [0.2, 0.25) is 6.17 Å². The van der Waals surface area contributed by atoms with Crippen molar-refractivity contribution in [1.82, 2.24) is 0 Å². The first kappa shape index (κ1) is 14.2. The Morgan fingerprint density at radius 3 is 2.44 bits per heavy atom. The quantitative estimate of drug-likeness (QED) is 0.833. The minimum Gasteiger partial charge on any atom is -0.497 e. The number of alkyl halides is 1. The van der Waals surface area contributed by atoms with E-state index >= 15 is 0 Å². The molecule has 0 spiro atoms. The molecule has 1 aromatic carbocycles. The molecule has 0 saturated carbocycles. The number of aliphatic carboxylic acids is 1. The van der Waals surface area contributed by atoms with E-state index in [4.69, 9.17) is 14.6 Å². The van der Waals surface area contributed by atoms with Crippen LogP contribution in [0.5, 0.6) is 11.5 Å². The van der Waals surface area contributed by atoms with Gasteiger partial charge in [-0.05, 0) is 19.1 Å². The van der Waals surface area contributed by atoms with Gasteiger partial charge in [-0.3, -0.25) is 0 Å². The lowest BCUT2D eigenvalue weighted by Gasteiger charge is -2.27. The monoisotopic (exact) mass is 258 g/mol. The predicted octanol–water partition coefficient (Wildman–Crippen LogP) is 1.33. The number of halogens is 1. The van der Waals surface area contributed by atoms with Gasteiger partial charge in [-0.15, -0.1) is 0 Å². The highest BCUT2D eigenvalue weighted by Gasteiger charge is 2.41. The van der Waals surface area contributed by atoms with Crippen molar-refractivity contribution in [3.63, 3.8) is 0 Å². The zero-order valence-electron chi connectivity index (χ0n) is 10.3. The summed E-state index contributed by atoms with van der Waals surface area (Å²) in [5.41, 5.74) is -2.15. The second-order valence-corrected chi connectivity index (χ2v) is 3.91. The second kappa shape index (κ2) is 5.22. The standard InChI is InChI=1S/C12H15FO5/c1-12(16,10(13)11(14)15)8-5-4-7(17-2)6-9(8)18-3/h4-6,10,16H,1-3H3,(H,14,15). The molecule has 18 heavy (non-hydrogen) atoms. The lowest BCUT2D eigenvalue weighted by molar-refractivity contribution is -0.153. The van der Waals surface area contributed by atoms with Gasteiger partial charge in [0.25, 0.3) is 0 Å². The smallest absolute Gasteiger partial charge is 0.341 e. The van der Waals surface area contributed by atoms with E-state index in [2.05, 4.69) is 0 Å². The van der Waals surface area contributed by atoms with E-state index in [1.165, 1.54) is 32.4 Å². The lowest BCUT2D eigenvalue weighted by atomic mass is 9.90. The van der Waals surface area contributed by atoms with Crippen LogP contribution in [0.3, 0.4) is 0 Å². The first-order valence-electron chi connectivity index (χ1n) is 5.16. The Bertz CT molecular complexity index is 444. The van der Waals surface area contributed by atoms with Crippen molar-refractivity contribution in [3.05, 3.63) is 23.8 Å². The third-order valence-corrected chi connectivity index (χ3v) is 2.66. The van der Waals surface area contributed by atoms with Crippen molar-refractivity contribution in [1.29, 1.82) is 0 Å². The van der Waals surface area contributed by atoms with Gasteiger partial charge in [0.15, 0.2) is 0 Å². The van der Waals surface area contributed by atoms with Gasteiger partial charge < -0.3 is 19.7 Å². The summed E-state index contributed by atoms with van der Waals surface area (Å²) in [4.78, 5) is 10.6. The summed E-state index contributed by atoms with van der Waals surface area (Å²) in [6, 6.07) is 4.30. The maximum Gasteiger partial charge on any atom is 0.341 e. The van der Waals surface area contributed by atoms with Gasteiger partial charge in [0.05, 0.1) is 14.2 Å². The molecule has 0 heterocycles. The van der Waals surface area contributed by atoms with E-state index in [1.807, 2.05) is 0 Å². The summed E-state index contributed by atoms with van der Waals surface area (Å²) >= 11 is 0. The molecule has 0 saturated heterocycles. The Hall–Kier alpha value is -1.82. The fraction of sp³-hybridized carbons (Fsp3) is 0.417. The molecule has 0 aliphatic rings. The number of hydrogen-bond donors (Lipinski definition) is 2. The average Bonchev–Trinajstić information content (AvgIpc) is 2.36. The molecule has 2 N–H and O–H groups in total. The van der Waals surface area contributed by atoms with E-state index in [9.17, 15) is 14.3 Å². The lowest BCUT2D eigenvalue weighted by Crippen LogP contribution is -2.39. The van der Waals surface area contributed by atoms with E-state index < -0.39 is 17.7 Å². The summed E-state index contributed by atoms with van der Waals surface area (Å²) in [6.45, 7) is 1.08. The third-order valence-electron chi connectivity index (χ3n) is 2.66. The van der Waals surface area contributed by atoms with Crippen LogP contribution >= 0.6 is 0 Å². The summed E-state index contributed by atoms with van der Waals surface area (Å²) < 4.78 is 23.5. The zero-order chi connectivity index (χ0) is 13.9. The minimum absolute atomic E-state index is 0.0423. The van der Waals surface area contributed by atoms with E-state index in [-0.39, 0.29) is 11.3 Å². The summed E-state index contributed by atoms with van der Waals surface area (Å²) in [7, 11) is 2.78. The maximum atomic E-state index is 13.6. The van der Waals surface area contributed by atoms with Gasteiger partial charge in [0, 0.05) is 11.6 Å². The maximum absolute atomic E-state index is 13.6. The van der Waals surface area contributed by atoms with Gasteiger partial charge in [0.1, 0.15) is 17.1 Å². The molecule has 5 nitrogen and oxygen atoms in total. The van der Waals surface area contributed by atoms with Gasteiger partial charge in [-0.2, -0.15) is 0 Å². The van der Waals surface area contributed by atoms with Crippen molar-refractivity contribution in [2.75, 3.05) is 14.2 Å². The van der Waals surface area contributed by atoms with E-state index in [0.29, 0.717) is 5.75 Å². The molecule has 6 heteroatoms. The molecule has 0 aromatic heterocycles. The van der Waals surface area contributed by atoms with E-state index in [0.717, 1.165) is 6.92 Å². The molecule has 100 valence electrons. The first-order valence-corrected chi connectivity index (χ1v) is 5.16. The number of hydrogen-bond acceptors (Lipinski definition) is 4. The number of rotatable bonds is 5. The number of carboxylic acid groups (broad SMARTS) is 1.